The van der Waals surface area contributed by atoms with Gasteiger partial charge in [-0.2, -0.15) is 0 Å². The minimum absolute atomic E-state index is 0.0651. The molecular weight excluding hydrogens is 270 g/mol. The Morgan fingerprint density at radius 3 is 2.14 bits per heavy atom. The Morgan fingerprint density at radius 2 is 1.57 bits per heavy atom. The molecule has 1 aromatic carbocycles. The molecule has 0 saturated heterocycles. The van der Waals surface area contributed by atoms with Gasteiger partial charge in [0.15, 0.2) is 11.5 Å². The van der Waals surface area contributed by atoms with Crippen molar-refractivity contribution in [2.24, 2.45) is 0 Å². The van der Waals surface area contributed by atoms with Crippen molar-refractivity contribution >= 4 is 5.69 Å². The summed E-state index contributed by atoms with van der Waals surface area (Å²) in [6.45, 7) is 0. The predicted molar refractivity (Wildman–Crippen MR) is 82.6 cm³/mol. The van der Waals surface area contributed by atoms with Gasteiger partial charge in [0.1, 0.15) is 0 Å². The summed E-state index contributed by atoms with van der Waals surface area (Å²) in [4.78, 5) is 0. The average Bonchev–Trinajstić information content (AvgIpc) is 2.71. The Labute approximate surface area is 126 Å². The second-order valence-corrected chi connectivity index (χ2v) is 5.37. The second kappa shape index (κ2) is 7.41. The van der Waals surface area contributed by atoms with Gasteiger partial charge >= 0.3 is 0 Å². The highest BCUT2D eigenvalue weighted by molar-refractivity contribution is 5.62. The molecule has 118 valence electrons. The third-order valence-corrected chi connectivity index (χ3v) is 4.00. The summed E-state index contributed by atoms with van der Waals surface area (Å²) in [5.74, 6) is 1.80. The maximum Gasteiger partial charge on any atom is 0.203 e. The molecule has 0 aliphatic heterocycles. The maximum atomic E-state index is 10.2. The van der Waals surface area contributed by atoms with E-state index in [1.807, 2.05) is 12.1 Å². The molecule has 1 aromatic rings. The molecule has 5 nitrogen and oxygen atoms in total. The molecule has 2 unspecified atom stereocenters. The molecule has 0 amide bonds. The van der Waals surface area contributed by atoms with E-state index in [0.717, 1.165) is 31.4 Å². The number of anilines is 1. The van der Waals surface area contributed by atoms with E-state index in [4.69, 9.17) is 14.2 Å². The lowest BCUT2D eigenvalue weighted by Crippen LogP contribution is -2.32. The fraction of sp³-hybridized carbons (Fsp3) is 0.625. The topological polar surface area (TPSA) is 60.0 Å². The van der Waals surface area contributed by atoms with Gasteiger partial charge in [-0.05, 0) is 12.8 Å². The van der Waals surface area contributed by atoms with Gasteiger partial charge in [0.25, 0.3) is 0 Å². The fourth-order valence-corrected chi connectivity index (χ4v) is 2.83. The zero-order chi connectivity index (χ0) is 15.2. The number of benzene rings is 1. The molecular formula is C16H25NO4. The van der Waals surface area contributed by atoms with Gasteiger partial charge < -0.3 is 24.6 Å². The molecule has 5 heteroatoms. The van der Waals surface area contributed by atoms with Crippen molar-refractivity contribution in [1.29, 1.82) is 0 Å². The lowest BCUT2D eigenvalue weighted by molar-refractivity contribution is 0.144. The van der Waals surface area contributed by atoms with Crippen molar-refractivity contribution < 1.29 is 19.3 Å². The minimum atomic E-state index is -0.313. The largest absolute Gasteiger partial charge is 0.493 e. The monoisotopic (exact) mass is 295 g/mol. The van der Waals surface area contributed by atoms with E-state index in [2.05, 4.69) is 5.32 Å². The van der Waals surface area contributed by atoms with Crippen LogP contribution in [0.3, 0.4) is 0 Å². The van der Waals surface area contributed by atoms with Crippen molar-refractivity contribution in [2.45, 2.75) is 44.2 Å². The Balaban J connectivity index is 2.22. The third kappa shape index (κ3) is 3.73. The van der Waals surface area contributed by atoms with Crippen LogP contribution in [0.5, 0.6) is 17.2 Å². The molecule has 0 spiro atoms. The van der Waals surface area contributed by atoms with E-state index in [1.54, 1.807) is 21.3 Å². The maximum absolute atomic E-state index is 10.2. The van der Waals surface area contributed by atoms with Crippen molar-refractivity contribution in [2.75, 3.05) is 26.6 Å². The summed E-state index contributed by atoms with van der Waals surface area (Å²) >= 11 is 0. The van der Waals surface area contributed by atoms with Crippen LogP contribution in [0.1, 0.15) is 32.1 Å². The van der Waals surface area contributed by atoms with Gasteiger partial charge in [-0.1, -0.05) is 19.3 Å². The normalized spacial score (nSPS) is 22.3. The molecule has 1 fully saturated rings. The van der Waals surface area contributed by atoms with E-state index in [0.29, 0.717) is 17.2 Å². The van der Waals surface area contributed by atoms with Crippen LogP contribution in [-0.4, -0.2) is 38.6 Å². The Kier molecular flexibility index (Phi) is 5.56. The van der Waals surface area contributed by atoms with E-state index in [9.17, 15) is 5.11 Å². The SMILES string of the molecule is COc1cc(NC2CCCCCC2O)cc(OC)c1OC. The first kappa shape index (κ1) is 15.8. The van der Waals surface area contributed by atoms with Crippen LogP contribution >= 0.6 is 0 Å². The highest BCUT2D eigenvalue weighted by Crippen LogP contribution is 2.40. The number of hydrogen-bond donors (Lipinski definition) is 2. The first-order chi connectivity index (χ1) is 10.2. The predicted octanol–water partition coefficient (Wildman–Crippen LogP) is 2.82. The molecule has 2 N–H and O–H groups in total. The fourth-order valence-electron chi connectivity index (χ4n) is 2.83. The number of aliphatic hydroxyl groups is 1. The van der Waals surface area contributed by atoms with E-state index in [1.165, 1.54) is 6.42 Å². The molecule has 1 aliphatic rings. The molecule has 0 bridgehead atoms. The Bertz CT molecular complexity index is 439. The summed E-state index contributed by atoms with van der Waals surface area (Å²) in [6, 6.07) is 3.81. The summed E-state index contributed by atoms with van der Waals surface area (Å²) in [7, 11) is 4.78. The summed E-state index contributed by atoms with van der Waals surface area (Å²) in [6.07, 6.45) is 4.92. The number of ether oxygens (including phenoxy) is 3. The van der Waals surface area contributed by atoms with Crippen molar-refractivity contribution in [1.82, 2.24) is 0 Å². The molecule has 2 rings (SSSR count). The number of rotatable bonds is 5. The van der Waals surface area contributed by atoms with Crippen LogP contribution < -0.4 is 19.5 Å². The quantitative estimate of drug-likeness (QED) is 0.818. The van der Waals surface area contributed by atoms with Gasteiger partial charge in [0, 0.05) is 17.8 Å². The zero-order valence-electron chi connectivity index (χ0n) is 13.0. The van der Waals surface area contributed by atoms with E-state index >= 15 is 0 Å². The molecule has 21 heavy (non-hydrogen) atoms. The molecule has 0 aromatic heterocycles. The highest BCUT2D eigenvalue weighted by atomic mass is 16.5. The van der Waals surface area contributed by atoms with Gasteiger partial charge in [0.2, 0.25) is 5.75 Å². The van der Waals surface area contributed by atoms with Gasteiger partial charge in [-0.15, -0.1) is 0 Å². The van der Waals surface area contributed by atoms with Crippen LogP contribution in [0.25, 0.3) is 0 Å². The molecule has 1 aliphatic carbocycles. The summed E-state index contributed by atoms with van der Waals surface area (Å²) in [5.41, 5.74) is 0.871. The van der Waals surface area contributed by atoms with Crippen molar-refractivity contribution in [3.63, 3.8) is 0 Å². The standard InChI is InChI=1S/C16H25NO4/c1-19-14-9-11(10-15(20-2)16(14)21-3)17-12-7-5-4-6-8-13(12)18/h9-10,12-13,17-18H,4-8H2,1-3H3. The molecule has 0 heterocycles. The smallest absolute Gasteiger partial charge is 0.203 e. The zero-order valence-corrected chi connectivity index (χ0v) is 13.0. The number of aliphatic hydroxyl groups excluding tert-OH is 1. The van der Waals surface area contributed by atoms with Crippen LogP contribution in [0, 0.1) is 0 Å². The second-order valence-electron chi connectivity index (χ2n) is 5.37. The summed E-state index contributed by atoms with van der Waals surface area (Å²) in [5, 5.41) is 13.6. The van der Waals surface area contributed by atoms with Gasteiger partial charge in [0.05, 0.1) is 33.5 Å². The van der Waals surface area contributed by atoms with E-state index < -0.39 is 0 Å². The minimum Gasteiger partial charge on any atom is -0.493 e. The number of methoxy groups -OCH3 is 3. The molecule has 1 saturated carbocycles. The van der Waals surface area contributed by atoms with Crippen molar-refractivity contribution in [3.8, 4) is 17.2 Å². The Hall–Kier alpha value is -1.62. The third-order valence-electron chi connectivity index (χ3n) is 4.00. The highest BCUT2D eigenvalue weighted by Gasteiger charge is 2.22. The van der Waals surface area contributed by atoms with Crippen LogP contribution in [0.4, 0.5) is 5.69 Å². The average molecular weight is 295 g/mol. The Morgan fingerprint density at radius 1 is 0.952 bits per heavy atom. The number of nitrogens with one attached hydrogen (secondary N) is 1. The first-order valence-corrected chi connectivity index (χ1v) is 7.44. The van der Waals surface area contributed by atoms with Crippen LogP contribution in [0.2, 0.25) is 0 Å². The lowest BCUT2D eigenvalue weighted by atomic mass is 10.1. The molecule has 0 radical (unpaired) electrons. The van der Waals surface area contributed by atoms with Crippen LogP contribution in [-0.2, 0) is 0 Å². The van der Waals surface area contributed by atoms with Crippen molar-refractivity contribution in [3.05, 3.63) is 12.1 Å². The number of hydrogen-bond acceptors (Lipinski definition) is 5. The summed E-state index contributed by atoms with van der Waals surface area (Å²) < 4.78 is 16.0. The van der Waals surface area contributed by atoms with Crippen LogP contribution in [0.15, 0.2) is 12.1 Å². The van der Waals surface area contributed by atoms with Gasteiger partial charge in [-0.3, -0.25) is 0 Å². The first-order valence-electron chi connectivity index (χ1n) is 7.44. The van der Waals surface area contributed by atoms with E-state index in [-0.39, 0.29) is 12.1 Å². The van der Waals surface area contributed by atoms with Gasteiger partial charge in [-0.25, -0.2) is 0 Å². The lowest BCUT2D eigenvalue weighted by Gasteiger charge is -2.24. The molecule has 2 atom stereocenters.